The maximum atomic E-state index is 11.9. The number of pyridine rings is 1. The molecule has 2 aromatic heterocycles. The van der Waals surface area contributed by atoms with Gasteiger partial charge in [0, 0.05) is 28.7 Å². The Bertz CT molecular complexity index is 559. The summed E-state index contributed by atoms with van der Waals surface area (Å²) in [6.45, 7) is 5.67. The molecule has 0 aromatic carbocycles. The molecule has 17 heavy (non-hydrogen) atoms. The summed E-state index contributed by atoms with van der Waals surface area (Å²) in [7, 11) is 0. The van der Waals surface area contributed by atoms with Crippen molar-refractivity contribution in [3.05, 3.63) is 40.8 Å². The molecule has 5 heteroatoms. The molecule has 0 saturated heterocycles. The van der Waals surface area contributed by atoms with Crippen LogP contribution in [0.15, 0.2) is 18.3 Å². The second-order valence-corrected chi connectivity index (χ2v) is 3.96. The molecule has 0 unspecified atom stereocenters. The number of aryl methyl sites for hydroxylation is 2. The molecule has 2 rings (SSSR count). The third-order valence-corrected chi connectivity index (χ3v) is 2.64. The van der Waals surface area contributed by atoms with E-state index in [4.69, 9.17) is 0 Å². The van der Waals surface area contributed by atoms with Crippen LogP contribution >= 0.6 is 0 Å². The topological polar surface area (TPSA) is 70.7 Å². The molecule has 0 aliphatic heterocycles. The number of rotatable bonds is 2. The van der Waals surface area contributed by atoms with Gasteiger partial charge in [0.05, 0.1) is 0 Å². The van der Waals surface area contributed by atoms with Crippen LogP contribution in [0, 0.1) is 20.8 Å². The van der Waals surface area contributed by atoms with E-state index in [1.807, 2.05) is 20.8 Å². The van der Waals surface area contributed by atoms with Gasteiger partial charge in [-0.05, 0) is 32.9 Å². The van der Waals surface area contributed by atoms with E-state index < -0.39 is 0 Å². The van der Waals surface area contributed by atoms with Crippen molar-refractivity contribution in [1.82, 2.24) is 15.2 Å². The molecular weight excluding hydrogens is 216 g/mol. The normalized spacial score (nSPS) is 10.3. The van der Waals surface area contributed by atoms with Gasteiger partial charge < -0.3 is 5.32 Å². The zero-order valence-electron chi connectivity index (χ0n) is 10.0. The van der Waals surface area contributed by atoms with E-state index >= 15 is 0 Å². The molecule has 2 aromatic rings. The molecule has 0 saturated carbocycles. The Hall–Kier alpha value is -2.17. The Morgan fingerprint density at radius 1 is 1.35 bits per heavy atom. The predicted molar refractivity (Wildman–Crippen MR) is 65.0 cm³/mol. The van der Waals surface area contributed by atoms with Crippen molar-refractivity contribution in [3.8, 4) is 0 Å². The average Bonchev–Trinajstić information content (AvgIpc) is 2.61. The molecule has 0 aliphatic carbocycles. The molecule has 0 aliphatic rings. The van der Waals surface area contributed by atoms with Crippen LogP contribution in [0.2, 0.25) is 0 Å². The fourth-order valence-corrected chi connectivity index (χ4v) is 1.47. The first-order chi connectivity index (χ1) is 8.08. The van der Waals surface area contributed by atoms with Gasteiger partial charge in [0.15, 0.2) is 5.82 Å². The number of carbonyl (C=O) groups is 1. The number of aromatic amines is 1. The summed E-state index contributed by atoms with van der Waals surface area (Å²) < 4.78 is 0. The summed E-state index contributed by atoms with van der Waals surface area (Å²) in [4.78, 5) is 16.0. The molecule has 0 spiro atoms. The van der Waals surface area contributed by atoms with E-state index in [0.29, 0.717) is 11.4 Å². The number of nitrogens with one attached hydrogen (secondary N) is 2. The lowest BCUT2D eigenvalue weighted by Gasteiger charge is -2.03. The van der Waals surface area contributed by atoms with Gasteiger partial charge in [-0.3, -0.25) is 14.9 Å². The second kappa shape index (κ2) is 4.37. The summed E-state index contributed by atoms with van der Waals surface area (Å²) in [6, 6.07) is 3.42. The van der Waals surface area contributed by atoms with Crippen molar-refractivity contribution in [2.45, 2.75) is 20.8 Å². The van der Waals surface area contributed by atoms with Crippen molar-refractivity contribution in [2.24, 2.45) is 0 Å². The molecule has 2 heterocycles. The lowest BCUT2D eigenvalue weighted by Crippen LogP contribution is -2.13. The van der Waals surface area contributed by atoms with Crippen LogP contribution in [-0.2, 0) is 0 Å². The number of carbonyl (C=O) groups excluding carboxylic acids is 1. The molecule has 0 bridgehead atoms. The molecule has 88 valence electrons. The van der Waals surface area contributed by atoms with Crippen LogP contribution in [-0.4, -0.2) is 21.1 Å². The van der Waals surface area contributed by atoms with E-state index in [-0.39, 0.29) is 5.91 Å². The van der Waals surface area contributed by atoms with E-state index in [1.165, 1.54) is 0 Å². The second-order valence-electron chi connectivity index (χ2n) is 3.96. The molecule has 1 amide bonds. The predicted octanol–water partition coefficient (Wildman–Crippen LogP) is 1.98. The zero-order valence-corrected chi connectivity index (χ0v) is 10.0. The maximum Gasteiger partial charge on any atom is 0.256 e. The fourth-order valence-electron chi connectivity index (χ4n) is 1.47. The molecule has 5 nitrogen and oxygen atoms in total. The van der Waals surface area contributed by atoms with Crippen molar-refractivity contribution >= 4 is 11.7 Å². The summed E-state index contributed by atoms with van der Waals surface area (Å²) in [5.74, 6) is 0.395. The Morgan fingerprint density at radius 2 is 2.12 bits per heavy atom. The van der Waals surface area contributed by atoms with Gasteiger partial charge in [-0.25, -0.2) is 0 Å². The van der Waals surface area contributed by atoms with E-state index in [2.05, 4.69) is 20.5 Å². The SMILES string of the molecule is Cc1cc(C(=O)Nc2n[nH]c(C)c2C)ccn1. The Morgan fingerprint density at radius 3 is 2.71 bits per heavy atom. The Balaban J connectivity index is 2.20. The molecule has 2 N–H and O–H groups in total. The number of hydrogen-bond acceptors (Lipinski definition) is 3. The minimum Gasteiger partial charge on any atom is -0.305 e. The number of amides is 1. The lowest BCUT2D eigenvalue weighted by atomic mass is 10.2. The van der Waals surface area contributed by atoms with Gasteiger partial charge in [0.2, 0.25) is 0 Å². The highest BCUT2D eigenvalue weighted by Gasteiger charge is 2.11. The first kappa shape index (κ1) is 11.3. The number of H-pyrrole nitrogens is 1. The smallest absolute Gasteiger partial charge is 0.256 e. The molecule has 0 fully saturated rings. The number of hydrogen-bond donors (Lipinski definition) is 2. The maximum absolute atomic E-state index is 11.9. The summed E-state index contributed by atoms with van der Waals surface area (Å²) in [6.07, 6.45) is 1.62. The van der Waals surface area contributed by atoms with Gasteiger partial charge in [-0.1, -0.05) is 0 Å². The molecular formula is C12H14N4O. The minimum absolute atomic E-state index is 0.176. The van der Waals surface area contributed by atoms with Crippen LogP contribution in [0.1, 0.15) is 27.3 Å². The largest absolute Gasteiger partial charge is 0.305 e. The monoisotopic (exact) mass is 230 g/mol. The number of anilines is 1. The average molecular weight is 230 g/mol. The van der Waals surface area contributed by atoms with Crippen molar-refractivity contribution < 1.29 is 4.79 Å². The first-order valence-corrected chi connectivity index (χ1v) is 5.33. The third kappa shape index (κ3) is 2.33. The Kier molecular flexibility index (Phi) is 2.91. The highest BCUT2D eigenvalue weighted by molar-refractivity contribution is 6.04. The van der Waals surface area contributed by atoms with Crippen LogP contribution in [0.3, 0.4) is 0 Å². The number of nitrogens with zero attached hydrogens (tertiary/aromatic N) is 2. The lowest BCUT2D eigenvalue weighted by molar-refractivity contribution is 0.102. The fraction of sp³-hybridized carbons (Fsp3) is 0.250. The third-order valence-electron chi connectivity index (χ3n) is 2.64. The van der Waals surface area contributed by atoms with Crippen molar-refractivity contribution in [3.63, 3.8) is 0 Å². The van der Waals surface area contributed by atoms with E-state index in [0.717, 1.165) is 17.0 Å². The first-order valence-electron chi connectivity index (χ1n) is 5.33. The van der Waals surface area contributed by atoms with Gasteiger partial charge in [0.1, 0.15) is 0 Å². The molecule has 0 radical (unpaired) electrons. The minimum atomic E-state index is -0.176. The summed E-state index contributed by atoms with van der Waals surface area (Å²) in [5.41, 5.74) is 3.29. The van der Waals surface area contributed by atoms with Gasteiger partial charge in [0.25, 0.3) is 5.91 Å². The van der Waals surface area contributed by atoms with E-state index in [1.54, 1.807) is 18.3 Å². The molecule has 0 atom stereocenters. The standard InChI is InChI=1S/C12H14N4O/c1-7-6-10(4-5-13-7)12(17)14-11-8(2)9(3)15-16-11/h4-6H,1-3H3,(H2,14,15,16,17). The van der Waals surface area contributed by atoms with Crippen LogP contribution in [0.4, 0.5) is 5.82 Å². The Labute approximate surface area is 99.3 Å². The van der Waals surface area contributed by atoms with Crippen LogP contribution in [0.25, 0.3) is 0 Å². The summed E-state index contributed by atoms with van der Waals surface area (Å²) >= 11 is 0. The highest BCUT2D eigenvalue weighted by Crippen LogP contribution is 2.14. The number of aromatic nitrogens is 3. The summed E-state index contributed by atoms with van der Waals surface area (Å²) in [5, 5.41) is 9.62. The van der Waals surface area contributed by atoms with Gasteiger partial charge in [-0.15, -0.1) is 0 Å². The van der Waals surface area contributed by atoms with Gasteiger partial charge >= 0.3 is 0 Å². The zero-order chi connectivity index (χ0) is 12.4. The van der Waals surface area contributed by atoms with Crippen LogP contribution in [0.5, 0.6) is 0 Å². The van der Waals surface area contributed by atoms with Crippen LogP contribution < -0.4 is 5.32 Å². The quantitative estimate of drug-likeness (QED) is 0.828. The van der Waals surface area contributed by atoms with Crippen molar-refractivity contribution in [1.29, 1.82) is 0 Å². The van der Waals surface area contributed by atoms with Gasteiger partial charge in [-0.2, -0.15) is 5.10 Å². The van der Waals surface area contributed by atoms with Crippen molar-refractivity contribution in [2.75, 3.05) is 5.32 Å². The highest BCUT2D eigenvalue weighted by atomic mass is 16.1. The van der Waals surface area contributed by atoms with E-state index in [9.17, 15) is 4.79 Å².